The first kappa shape index (κ1) is 12.4. The SMILES string of the molecule is Cc1cc(NCc2ccc(F)cc2)c(C)cc1O. The molecule has 2 nitrogen and oxygen atoms in total. The zero-order chi connectivity index (χ0) is 13.1. The highest BCUT2D eigenvalue weighted by Crippen LogP contribution is 2.25. The number of nitrogens with one attached hydrogen (secondary N) is 1. The number of rotatable bonds is 3. The Balaban J connectivity index is 2.10. The van der Waals surface area contributed by atoms with Crippen molar-refractivity contribution < 1.29 is 9.50 Å². The molecule has 0 aromatic heterocycles. The monoisotopic (exact) mass is 245 g/mol. The molecule has 0 aliphatic heterocycles. The molecule has 2 N–H and O–H groups in total. The molecule has 94 valence electrons. The lowest BCUT2D eigenvalue weighted by atomic mass is 10.1. The number of halogens is 1. The average molecular weight is 245 g/mol. The van der Waals surface area contributed by atoms with Gasteiger partial charge in [0.15, 0.2) is 0 Å². The molecular formula is C15H16FNO. The van der Waals surface area contributed by atoms with Crippen LogP contribution in [0.4, 0.5) is 10.1 Å². The van der Waals surface area contributed by atoms with Gasteiger partial charge in [-0.1, -0.05) is 12.1 Å². The molecule has 2 aromatic rings. The van der Waals surface area contributed by atoms with Crippen molar-refractivity contribution in [3.05, 3.63) is 58.9 Å². The first-order valence-corrected chi connectivity index (χ1v) is 5.85. The lowest BCUT2D eigenvalue weighted by Crippen LogP contribution is -2.01. The van der Waals surface area contributed by atoms with E-state index < -0.39 is 0 Å². The molecule has 0 saturated carbocycles. The molecule has 0 radical (unpaired) electrons. The summed E-state index contributed by atoms with van der Waals surface area (Å²) >= 11 is 0. The van der Waals surface area contributed by atoms with Gasteiger partial charge >= 0.3 is 0 Å². The summed E-state index contributed by atoms with van der Waals surface area (Å²) in [6.07, 6.45) is 0. The fraction of sp³-hybridized carbons (Fsp3) is 0.200. The van der Waals surface area contributed by atoms with Gasteiger partial charge in [-0.25, -0.2) is 4.39 Å². The summed E-state index contributed by atoms with van der Waals surface area (Å²) < 4.78 is 12.8. The van der Waals surface area contributed by atoms with Crippen LogP contribution < -0.4 is 5.32 Å². The van der Waals surface area contributed by atoms with Gasteiger partial charge in [0.1, 0.15) is 11.6 Å². The predicted octanol–water partition coefficient (Wildman–Crippen LogP) is 3.76. The van der Waals surface area contributed by atoms with Crippen molar-refractivity contribution >= 4 is 5.69 Å². The van der Waals surface area contributed by atoms with Crippen molar-refractivity contribution in [2.75, 3.05) is 5.32 Å². The van der Waals surface area contributed by atoms with Crippen LogP contribution in [0.2, 0.25) is 0 Å². The van der Waals surface area contributed by atoms with Crippen molar-refractivity contribution in [2.45, 2.75) is 20.4 Å². The van der Waals surface area contributed by atoms with Crippen LogP contribution in [0, 0.1) is 19.7 Å². The zero-order valence-electron chi connectivity index (χ0n) is 10.5. The van der Waals surface area contributed by atoms with E-state index >= 15 is 0 Å². The Labute approximate surface area is 106 Å². The minimum atomic E-state index is -0.226. The molecule has 0 bridgehead atoms. The highest BCUT2D eigenvalue weighted by atomic mass is 19.1. The number of aromatic hydroxyl groups is 1. The summed E-state index contributed by atoms with van der Waals surface area (Å²) in [7, 11) is 0. The van der Waals surface area contributed by atoms with Gasteiger partial charge in [0.25, 0.3) is 0 Å². The van der Waals surface area contributed by atoms with E-state index in [4.69, 9.17) is 0 Å². The number of hydrogen-bond donors (Lipinski definition) is 2. The number of anilines is 1. The number of benzene rings is 2. The molecule has 0 saturated heterocycles. The number of aryl methyl sites for hydroxylation is 2. The Morgan fingerprint density at radius 2 is 1.72 bits per heavy atom. The molecule has 0 aliphatic rings. The molecule has 2 rings (SSSR count). The quantitative estimate of drug-likeness (QED) is 0.807. The normalized spacial score (nSPS) is 10.4. The standard InChI is InChI=1S/C15H16FNO/c1-10-8-15(18)11(2)7-14(10)17-9-12-3-5-13(16)6-4-12/h3-8,17-18H,9H2,1-2H3. The summed E-state index contributed by atoms with van der Waals surface area (Å²) in [5.41, 5.74) is 3.82. The minimum absolute atomic E-state index is 0.226. The highest BCUT2D eigenvalue weighted by molar-refractivity contribution is 5.56. The second-order valence-corrected chi connectivity index (χ2v) is 4.43. The average Bonchev–Trinajstić information content (AvgIpc) is 2.34. The van der Waals surface area contributed by atoms with Gasteiger partial charge < -0.3 is 10.4 Å². The Bertz CT molecular complexity index is 549. The van der Waals surface area contributed by atoms with E-state index in [1.54, 1.807) is 18.2 Å². The molecule has 0 spiro atoms. The maximum Gasteiger partial charge on any atom is 0.123 e. The first-order chi connectivity index (χ1) is 8.56. The van der Waals surface area contributed by atoms with E-state index in [1.807, 2.05) is 19.9 Å². The van der Waals surface area contributed by atoms with E-state index in [9.17, 15) is 9.50 Å². The fourth-order valence-electron chi connectivity index (χ4n) is 1.79. The van der Waals surface area contributed by atoms with Crippen LogP contribution in [-0.2, 0) is 6.54 Å². The van der Waals surface area contributed by atoms with Gasteiger partial charge in [-0.3, -0.25) is 0 Å². The third-order valence-corrected chi connectivity index (χ3v) is 2.94. The topological polar surface area (TPSA) is 32.3 Å². The van der Waals surface area contributed by atoms with Crippen LogP contribution in [-0.4, -0.2) is 5.11 Å². The van der Waals surface area contributed by atoms with Crippen LogP contribution in [0.15, 0.2) is 36.4 Å². The predicted molar refractivity (Wildman–Crippen MR) is 71.3 cm³/mol. The Morgan fingerprint density at radius 1 is 1.06 bits per heavy atom. The molecule has 0 amide bonds. The zero-order valence-corrected chi connectivity index (χ0v) is 10.5. The van der Waals surface area contributed by atoms with Crippen molar-refractivity contribution in [2.24, 2.45) is 0 Å². The van der Waals surface area contributed by atoms with E-state index in [0.29, 0.717) is 12.3 Å². The largest absolute Gasteiger partial charge is 0.508 e. The van der Waals surface area contributed by atoms with Gasteiger partial charge in [0.05, 0.1) is 0 Å². The molecule has 18 heavy (non-hydrogen) atoms. The Hall–Kier alpha value is -2.03. The molecule has 0 unspecified atom stereocenters. The smallest absolute Gasteiger partial charge is 0.123 e. The molecular weight excluding hydrogens is 229 g/mol. The third kappa shape index (κ3) is 2.80. The van der Waals surface area contributed by atoms with Crippen LogP contribution in [0.5, 0.6) is 5.75 Å². The Kier molecular flexibility index (Phi) is 3.51. The summed E-state index contributed by atoms with van der Waals surface area (Å²) in [6.45, 7) is 4.43. The summed E-state index contributed by atoms with van der Waals surface area (Å²) in [5, 5.41) is 12.9. The third-order valence-electron chi connectivity index (χ3n) is 2.94. The number of phenols is 1. The second-order valence-electron chi connectivity index (χ2n) is 4.43. The first-order valence-electron chi connectivity index (χ1n) is 5.85. The maximum absolute atomic E-state index is 12.8. The lowest BCUT2D eigenvalue weighted by molar-refractivity contribution is 0.471. The van der Waals surface area contributed by atoms with Crippen LogP contribution in [0.25, 0.3) is 0 Å². The fourth-order valence-corrected chi connectivity index (χ4v) is 1.79. The van der Waals surface area contributed by atoms with Crippen molar-refractivity contribution in [3.63, 3.8) is 0 Å². The molecule has 0 fully saturated rings. The maximum atomic E-state index is 12.8. The van der Waals surface area contributed by atoms with E-state index in [1.165, 1.54) is 12.1 Å². The van der Waals surface area contributed by atoms with E-state index in [2.05, 4.69) is 5.32 Å². The highest BCUT2D eigenvalue weighted by Gasteiger charge is 2.03. The van der Waals surface area contributed by atoms with Crippen LogP contribution in [0.1, 0.15) is 16.7 Å². The van der Waals surface area contributed by atoms with Gasteiger partial charge in [-0.05, 0) is 54.8 Å². The van der Waals surface area contributed by atoms with E-state index in [-0.39, 0.29) is 5.82 Å². The van der Waals surface area contributed by atoms with Crippen molar-refractivity contribution in [3.8, 4) is 5.75 Å². The molecule has 0 aliphatic carbocycles. The van der Waals surface area contributed by atoms with Gasteiger partial charge in [0.2, 0.25) is 0 Å². The molecule has 0 heterocycles. The summed E-state index contributed by atoms with van der Waals surface area (Å²) in [6, 6.07) is 10.1. The number of phenolic OH excluding ortho intramolecular Hbond substituents is 1. The number of hydrogen-bond acceptors (Lipinski definition) is 2. The molecule has 0 atom stereocenters. The van der Waals surface area contributed by atoms with Crippen molar-refractivity contribution in [1.82, 2.24) is 0 Å². The van der Waals surface area contributed by atoms with Gasteiger partial charge in [-0.2, -0.15) is 0 Å². The lowest BCUT2D eigenvalue weighted by Gasteiger charge is -2.11. The molecule has 2 aromatic carbocycles. The van der Waals surface area contributed by atoms with Crippen molar-refractivity contribution in [1.29, 1.82) is 0 Å². The summed E-state index contributed by atoms with van der Waals surface area (Å²) in [5.74, 6) is 0.0789. The van der Waals surface area contributed by atoms with Gasteiger partial charge in [-0.15, -0.1) is 0 Å². The van der Waals surface area contributed by atoms with Crippen LogP contribution in [0.3, 0.4) is 0 Å². The molecule has 3 heteroatoms. The minimum Gasteiger partial charge on any atom is -0.508 e. The Morgan fingerprint density at radius 3 is 2.39 bits per heavy atom. The second kappa shape index (κ2) is 5.08. The summed E-state index contributed by atoms with van der Waals surface area (Å²) in [4.78, 5) is 0. The van der Waals surface area contributed by atoms with Crippen LogP contribution >= 0.6 is 0 Å². The van der Waals surface area contributed by atoms with Gasteiger partial charge in [0, 0.05) is 12.2 Å². The van der Waals surface area contributed by atoms with E-state index in [0.717, 1.165) is 22.4 Å².